The minimum Gasteiger partial charge on any atom is -0.326 e. The van der Waals surface area contributed by atoms with Crippen molar-refractivity contribution in [2.45, 2.75) is 13.8 Å². The minimum absolute atomic E-state index is 0.204. The van der Waals surface area contributed by atoms with Crippen molar-refractivity contribution >= 4 is 5.57 Å². The minimum atomic E-state index is -0.204. The van der Waals surface area contributed by atoms with Gasteiger partial charge in [-0.05, 0) is 25.5 Å². The molecule has 1 nitrogen and oxygen atoms in total. The molecule has 0 amide bonds. The van der Waals surface area contributed by atoms with Gasteiger partial charge in [0, 0.05) is 12.1 Å². The molecule has 1 aromatic carbocycles. The lowest BCUT2D eigenvalue weighted by molar-refractivity contribution is 0.623. The molecule has 0 unspecified atom stereocenters. The summed E-state index contributed by atoms with van der Waals surface area (Å²) in [6, 6.07) is 6.70. The van der Waals surface area contributed by atoms with E-state index in [1.165, 1.54) is 6.07 Å². The third-order valence-corrected chi connectivity index (χ3v) is 2.01. The average molecular weight is 179 g/mol. The Morgan fingerprint density at radius 3 is 2.38 bits per heavy atom. The van der Waals surface area contributed by atoms with E-state index in [2.05, 4.69) is 0 Å². The number of hydrogen-bond acceptors (Lipinski definition) is 1. The Kier molecular flexibility index (Phi) is 3.20. The zero-order chi connectivity index (χ0) is 9.84. The van der Waals surface area contributed by atoms with E-state index in [4.69, 9.17) is 5.73 Å². The Morgan fingerprint density at radius 1 is 1.31 bits per heavy atom. The Balaban J connectivity index is 3.21. The highest BCUT2D eigenvalue weighted by molar-refractivity contribution is 5.69. The molecular weight excluding hydrogens is 165 g/mol. The molecule has 1 aromatic rings. The van der Waals surface area contributed by atoms with Crippen LogP contribution in [-0.4, -0.2) is 6.54 Å². The summed E-state index contributed by atoms with van der Waals surface area (Å²) in [7, 11) is 0. The molecular formula is C11H14FN. The summed E-state index contributed by atoms with van der Waals surface area (Å²) in [5, 5.41) is 0. The number of rotatable bonds is 2. The summed E-state index contributed by atoms with van der Waals surface area (Å²) < 4.78 is 13.3. The predicted molar refractivity (Wildman–Crippen MR) is 53.7 cm³/mol. The van der Waals surface area contributed by atoms with Gasteiger partial charge in [0.05, 0.1) is 0 Å². The first-order chi connectivity index (χ1) is 6.16. The molecule has 0 atom stereocenters. The zero-order valence-electron chi connectivity index (χ0n) is 7.97. The van der Waals surface area contributed by atoms with E-state index in [1.54, 1.807) is 12.1 Å². The monoisotopic (exact) mass is 179 g/mol. The van der Waals surface area contributed by atoms with Crippen LogP contribution in [0.2, 0.25) is 0 Å². The second-order valence-electron chi connectivity index (χ2n) is 3.16. The van der Waals surface area contributed by atoms with E-state index >= 15 is 0 Å². The summed E-state index contributed by atoms with van der Waals surface area (Å²) in [6.45, 7) is 4.26. The second-order valence-corrected chi connectivity index (χ2v) is 3.16. The fraction of sp³-hybridized carbons (Fsp3) is 0.273. The summed E-state index contributed by atoms with van der Waals surface area (Å²) in [5.41, 5.74) is 8.12. The summed E-state index contributed by atoms with van der Waals surface area (Å²) in [5.74, 6) is -0.204. The normalized spacial score (nSPS) is 9.85. The largest absolute Gasteiger partial charge is 0.326 e. The topological polar surface area (TPSA) is 26.0 Å². The van der Waals surface area contributed by atoms with E-state index in [0.29, 0.717) is 12.1 Å². The highest BCUT2D eigenvalue weighted by atomic mass is 19.1. The molecule has 2 N–H and O–H groups in total. The number of halogens is 1. The van der Waals surface area contributed by atoms with E-state index in [1.807, 2.05) is 19.9 Å². The Labute approximate surface area is 78.1 Å². The molecule has 0 saturated heterocycles. The highest BCUT2D eigenvalue weighted by Crippen LogP contribution is 2.19. The lowest BCUT2D eigenvalue weighted by atomic mass is 10.0. The highest BCUT2D eigenvalue weighted by Gasteiger charge is 2.06. The molecule has 0 fully saturated rings. The van der Waals surface area contributed by atoms with Gasteiger partial charge in [-0.1, -0.05) is 23.8 Å². The van der Waals surface area contributed by atoms with Crippen LogP contribution in [0.4, 0.5) is 4.39 Å². The van der Waals surface area contributed by atoms with Crippen LogP contribution >= 0.6 is 0 Å². The van der Waals surface area contributed by atoms with Crippen LogP contribution in [0.3, 0.4) is 0 Å². The predicted octanol–water partition coefficient (Wildman–Crippen LogP) is 2.58. The smallest absolute Gasteiger partial charge is 0.130 e. The Morgan fingerprint density at radius 2 is 1.92 bits per heavy atom. The molecule has 1 rings (SSSR count). The van der Waals surface area contributed by atoms with Crippen molar-refractivity contribution in [1.29, 1.82) is 0 Å². The molecule has 2 heteroatoms. The first-order valence-corrected chi connectivity index (χ1v) is 4.28. The average Bonchev–Trinajstić information content (AvgIpc) is 2.09. The van der Waals surface area contributed by atoms with Gasteiger partial charge in [-0.3, -0.25) is 0 Å². The lowest BCUT2D eigenvalue weighted by Gasteiger charge is -2.08. The Hall–Kier alpha value is -1.15. The van der Waals surface area contributed by atoms with Crippen LogP contribution < -0.4 is 5.73 Å². The van der Waals surface area contributed by atoms with Crippen LogP contribution in [0.5, 0.6) is 0 Å². The van der Waals surface area contributed by atoms with Gasteiger partial charge in [-0.2, -0.15) is 0 Å². The Bertz CT molecular complexity index is 325. The quantitative estimate of drug-likeness (QED) is 0.742. The van der Waals surface area contributed by atoms with Crippen LogP contribution in [0.25, 0.3) is 5.57 Å². The van der Waals surface area contributed by atoms with Gasteiger partial charge in [-0.25, -0.2) is 4.39 Å². The fourth-order valence-corrected chi connectivity index (χ4v) is 1.29. The molecule has 0 aliphatic heterocycles. The van der Waals surface area contributed by atoms with Crippen molar-refractivity contribution in [3.8, 4) is 0 Å². The summed E-state index contributed by atoms with van der Waals surface area (Å²) >= 11 is 0. The third-order valence-electron chi connectivity index (χ3n) is 2.01. The van der Waals surface area contributed by atoms with Crippen molar-refractivity contribution in [3.63, 3.8) is 0 Å². The van der Waals surface area contributed by atoms with E-state index in [0.717, 1.165) is 11.1 Å². The van der Waals surface area contributed by atoms with Gasteiger partial charge in [-0.15, -0.1) is 0 Å². The molecule has 0 heterocycles. The number of allylic oxidation sites excluding steroid dienone is 1. The van der Waals surface area contributed by atoms with Gasteiger partial charge in [0.25, 0.3) is 0 Å². The van der Waals surface area contributed by atoms with Crippen molar-refractivity contribution in [3.05, 3.63) is 41.2 Å². The number of benzene rings is 1. The molecule has 0 aliphatic rings. The first-order valence-electron chi connectivity index (χ1n) is 4.28. The van der Waals surface area contributed by atoms with Crippen molar-refractivity contribution in [2.24, 2.45) is 5.73 Å². The molecule has 0 saturated carbocycles. The van der Waals surface area contributed by atoms with Gasteiger partial charge in [0.2, 0.25) is 0 Å². The molecule has 0 aromatic heterocycles. The van der Waals surface area contributed by atoms with Crippen LogP contribution in [-0.2, 0) is 0 Å². The summed E-state index contributed by atoms with van der Waals surface area (Å²) in [6.07, 6.45) is 0. The third kappa shape index (κ3) is 2.16. The van der Waals surface area contributed by atoms with Crippen molar-refractivity contribution in [1.82, 2.24) is 0 Å². The lowest BCUT2D eigenvalue weighted by Crippen LogP contribution is -2.05. The molecule has 13 heavy (non-hydrogen) atoms. The SMILES string of the molecule is CC(C)=C(CN)c1ccccc1F. The van der Waals surface area contributed by atoms with Crippen LogP contribution in [0.15, 0.2) is 29.8 Å². The molecule has 70 valence electrons. The van der Waals surface area contributed by atoms with E-state index in [-0.39, 0.29) is 5.82 Å². The van der Waals surface area contributed by atoms with Crippen molar-refractivity contribution in [2.75, 3.05) is 6.54 Å². The molecule has 0 spiro atoms. The fourth-order valence-electron chi connectivity index (χ4n) is 1.29. The maximum Gasteiger partial charge on any atom is 0.130 e. The molecule has 0 bridgehead atoms. The first kappa shape index (κ1) is 9.93. The van der Waals surface area contributed by atoms with Gasteiger partial charge >= 0.3 is 0 Å². The standard InChI is InChI=1S/C11H14FN/c1-8(2)10(7-13)9-5-3-4-6-11(9)12/h3-6H,7,13H2,1-2H3. The number of nitrogens with two attached hydrogens (primary N) is 1. The van der Waals surface area contributed by atoms with E-state index < -0.39 is 0 Å². The maximum atomic E-state index is 13.3. The maximum absolute atomic E-state index is 13.3. The van der Waals surface area contributed by atoms with Gasteiger partial charge < -0.3 is 5.73 Å². The van der Waals surface area contributed by atoms with Gasteiger partial charge in [0.1, 0.15) is 5.82 Å². The van der Waals surface area contributed by atoms with Crippen LogP contribution in [0.1, 0.15) is 19.4 Å². The number of hydrogen-bond donors (Lipinski definition) is 1. The molecule has 0 aliphatic carbocycles. The van der Waals surface area contributed by atoms with E-state index in [9.17, 15) is 4.39 Å². The molecule has 0 radical (unpaired) electrons. The van der Waals surface area contributed by atoms with Crippen LogP contribution in [0, 0.1) is 5.82 Å². The van der Waals surface area contributed by atoms with Gasteiger partial charge in [0.15, 0.2) is 0 Å². The zero-order valence-corrected chi connectivity index (χ0v) is 7.97. The second kappa shape index (κ2) is 4.19. The summed E-state index contributed by atoms with van der Waals surface area (Å²) in [4.78, 5) is 0. The van der Waals surface area contributed by atoms with Crippen molar-refractivity contribution < 1.29 is 4.39 Å².